The number of fused-ring (bicyclic) bond motifs is 2. The highest BCUT2D eigenvalue weighted by molar-refractivity contribution is 8.00. The van der Waals surface area contributed by atoms with E-state index in [2.05, 4.69) is 25.6 Å². The molecule has 2 unspecified atom stereocenters. The summed E-state index contributed by atoms with van der Waals surface area (Å²) in [7, 11) is 0. The summed E-state index contributed by atoms with van der Waals surface area (Å²) in [6.45, 7) is 4.91. The Kier molecular flexibility index (Phi) is 1.95. The van der Waals surface area contributed by atoms with Gasteiger partial charge in [-0.25, -0.2) is 0 Å². The molecule has 0 N–H and O–H groups in total. The first kappa shape index (κ1) is 7.97. The first-order valence-corrected chi connectivity index (χ1v) is 5.78. The van der Waals surface area contributed by atoms with Gasteiger partial charge in [0.15, 0.2) is 0 Å². The van der Waals surface area contributed by atoms with E-state index in [4.69, 9.17) is 0 Å². The predicted octanol–water partition coefficient (Wildman–Crippen LogP) is 3.46. The van der Waals surface area contributed by atoms with Crippen molar-refractivity contribution in [3.8, 4) is 0 Å². The smallest absolute Gasteiger partial charge is 0.0101 e. The average Bonchev–Trinajstić information content (AvgIpc) is 2.18. The van der Waals surface area contributed by atoms with Gasteiger partial charge >= 0.3 is 0 Å². The zero-order valence-electron chi connectivity index (χ0n) is 7.60. The third kappa shape index (κ3) is 1.44. The van der Waals surface area contributed by atoms with Crippen molar-refractivity contribution in [2.75, 3.05) is 0 Å². The molecule has 2 heterocycles. The summed E-state index contributed by atoms with van der Waals surface area (Å²) in [5, 5.41) is 1.99. The van der Waals surface area contributed by atoms with E-state index in [1.54, 1.807) is 0 Å². The normalized spacial score (nSPS) is 42.0. The second-order valence-corrected chi connectivity index (χ2v) is 6.23. The molecule has 2 fully saturated rings. The van der Waals surface area contributed by atoms with Crippen LogP contribution in [0.2, 0.25) is 0 Å². The minimum Gasteiger partial charge on any atom is -0.155 e. The van der Waals surface area contributed by atoms with Crippen LogP contribution in [0.5, 0.6) is 0 Å². The van der Waals surface area contributed by atoms with Crippen molar-refractivity contribution in [2.24, 2.45) is 5.41 Å². The van der Waals surface area contributed by atoms with Crippen molar-refractivity contribution in [2.45, 2.75) is 56.5 Å². The summed E-state index contributed by atoms with van der Waals surface area (Å²) in [6.07, 6.45) is 7.42. The van der Waals surface area contributed by atoms with Crippen LogP contribution in [0, 0.1) is 5.41 Å². The predicted molar refractivity (Wildman–Crippen MR) is 52.0 cm³/mol. The van der Waals surface area contributed by atoms with Gasteiger partial charge in [0, 0.05) is 10.5 Å². The summed E-state index contributed by atoms with van der Waals surface area (Å²) < 4.78 is 0. The standard InChI is InChI=1S/C10H18S/c1-10(2)7-8-5-3-4-6-9(10)11-8/h8-9H,3-7H2,1-2H3. The molecular formula is C10H18S. The minimum absolute atomic E-state index is 0.649. The van der Waals surface area contributed by atoms with E-state index in [1.807, 2.05) is 0 Å². The molecule has 1 heteroatoms. The fourth-order valence-corrected chi connectivity index (χ4v) is 4.57. The first-order chi connectivity index (χ1) is 5.18. The number of thioether (sulfide) groups is 1. The quantitative estimate of drug-likeness (QED) is 0.536. The Morgan fingerprint density at radius 1 is 1.18 bits per heavy atom. The van der Waals surface area contributed by atoms with Gasteiger partial charge in [-0.1, -0.05) is 26.7 Å². The molecule has 2 atom stereocenters. The average molecular weight is 170 g/mol. The fraction of sp³-hybridized carbons (Fsp3) is 1.00. The van der Waals surface area contributed by atoms with Crippen molar-refractivity contribution in [1.29, 1.82) is 0 Å². The van der Waals surface area contributed by atoms with Gasteiger partial charge in [0.1, 0.15) is 0 Å². The summed E-state index contributed by atoms with van der Waals surface area (Å²) >= 11 is 2.28. The molecular weight excluding hydrogens is 152 g/mol. The van der Waals surface area contributed by atoms with E-state index >= 15 is 0 Å². The van der Waals surface area contributed by atoms with E-state index in [9.17, 15) is 0 Å². The van der Waals surface area contributed by atoms with Crippen LogP contribution in [0.3, 0.4) is 0 Å². The second-order valence-electron chi connectivity index (χ2n) is 4.72. The van der Waals surface area contributed by atoms with Crippen LogP contribution < -0.4 is 0 Å². The zero-order chi connectivity index (χ0) is 7.90. The highest BCUT2D eigenvalue weighted by atomic mass is 32.2. The molecule has 0 radical (unpaired) electrons. The molecule has 0 spiro atoms. The molecule has 2 saturated heterocycles. The van der Waals surface area contributed by atoms with Crippen LogP contribution in [0.4, 0.5) is 0 Å². The fourth-order valence-electron chi connectivity index (χ4n) is 2.51. The molecule has 0 aromatic carbocycles. The molecule has 64 valence electrons. The summed E-state index contributed by atoms with van der Waals surface area (Å²) in [4.78, 5) is 0. The molecule has 11 heavy (non-hydrogen) atoms. The highest BCUT2D eigenvalue weighted by Gasteiger charge is 2.41. The van der Waals surface area contributed by atoms with Crippen LogP contribution in [0.25, 0.3) is 0 Å². The lowest BCUT2D eigenvalue weighted by Gasteiger charge is -2.26. The van der Waals surface area contributed by atoms with E-state index < -0.39 is 0 Å². The van der Waals surface area contributed by atoms with Crippen LogP contribution in [-0.2, 0) is 0 Å². The van der Waals surface area contributed by atoms with Crippen LogP contribution >= 0.6 is 11.8 Å². The third-order valence-electron chi connectivity index (χ3n) is 3.22. The maximum Gasteiger partial charge on any atom is 0.0101 e. The molecule has 0 saturated carbocycles. The van der Waals surface area contributed by atoms with Gasteiger partial charge < -0.3 is 0 Å². The molecule has 2 bridgehead atoms. The van der Waals surface area contributed by atoms with E-state index in [0.29, 0.717) is 5.41 Å². The number of rotatable bonds is 0. The van der Waals surface area contributed by atoms with E-state index in [1.165, 1.54) is 32.1 Å². The molecule has 2 aliphatic rings. The summed E-state index contributed by atoms with van der Waals surface area (Å²) in [5.74, 6) is 0. The highest BCUT2D eigenvalue weighted by Crippen LogP contribution is 2.52. The van der Waals surface area contributed by atoms with Crippen molar-refractivity contribution < 1.29 is 0 Å². The van der Waals surface area contributed by atoms with Gasteiger partial charge in [0.05, 0.1) is 0 Å². The first-order valence-electron chi connectivity index (χ1n) is 4.84. The van der Waals surface area contributed by atoms with Crippen molar-refractivity contribution in [3.63, 3.8) is 0 Å². The van der Waals surface area contributed by atoms with Crippen molar-refractivity contribution in [1.82, 2.24) is 0 Å². The van der Waals surface area contributed by atoms with Crippen molar-refractivity contribution in [3.05, 3.63) is 0 Å². The van der Waals surface area contributed by atoms with E-state index in [0.717, 1.165) is 10.5 Å². The lowest BCUT2D eigenvalue weighted by Crippen LogP contribution is -2.21. The van der Waals surface area contributed by atoms with Crippen LogP contribution in [0.1, 0.15) is 46.0 Å². The van der Waals surface area contributed by atoms with Crippen LogP contribution in [0.15, 0.2) is 0 Å². The molecule has 2 aliphatic heterocycles. The second kappa shape index (κ2) is 2.69. The van der Waals surface area contributed by atoms with Gasteiger partial charge in [-0.2, -0.15) is 11.8 Å². The monoisotopic (exact) mass is 170 g/mol. The molecule has 2 rings (SSSR count). The molecule has 0 aliphatic carbocycles. The molecule has 0 amide bonds. The number of hydrogen-bond acceptors (Lipinski definition) is 1. The Morgan fingerprint density at radius 2 is 1.91 bits per heavy atom. The lowest BCUT2D eigenvalue weighted by atomic mass is 9.80. The Hall–Kier alpha value is 0.350. The topological polar surface area (TPSA) is 0 Å². The van der Waals surface area contributed by atoms with Gasteiger partial charge in [-0.15, -0.1) is 0 Å². The van der Waals surface area contributed by atoms with Gasteiger partial charge in [-0.3, -0.25) is 0 Å². The summed E-state index contributed by atoms with van der Waals surface area (Å²) in [5.41, 5.74) is 0.649. The van der Waals surface area contributed by atoms with Crippen LogP contribution in [-0.4, -0.2) is 10.5 Å². The Labute approximate surface area is 74.1 Å². The maximum absolute atomic E-state index is 2.45. The van der Waals surface area contributed by atoms with Gasteiger partial charge in [0.2, 0.25) is 0 Å². The van der Waals surface area contributed by atoms with Gasteiger partial charge in [-0.05, 0) is 24.7 Å². The maximum atomic E-state index is 2.45. The lowest BCUT2D eigenvalue weighted by molar-refractivity contribution is 0.308. The molecule has 0 nitrogen and oxygen atoms in total. The SMILES string of the molecule is CC1(C)CC2CCCCC1S2. The number of hydrogen-bond donors (Lipinski definition) is 0. The van der Waals surface area contributed by atoms with Gasteiger partial charge in [0.25, 0.3) is 0 Å². The minimum atomic E-state index is 0.649. The Balaban J connectivity index is 2.11. The molecule has 0 aromatic heterocycles. The Bertz CT molecular complexity index is 151. The largest absolute Gasteiger partial charge is 0.155 e. The third-order valence-corrected chi connectivity index (χ3v) is 5.21. The summed E-state index contributed by atoms with van der Waals surface area (Å²) in [6, 6.07) is 0. The Morgan fingerprint density at radius 3 is 2.73 bits per heavy atom. The molecule has 0 aromatic rings. The van der Waals surface area contributed by atoms with Crippen molar-refractivity contribution >= 4 is 11.8 Å². The van der Waals surface area contributed by atoms with E-state index in [-0.39, 0.29) is 0 Å². The zero-order valence-corrected chi connectivity index (χ0v) is 8.41.